The summed E-state index contributed by atoms with van der Waals surface area (Å²) < 4.78 is 10.6. The summed E-state index contributed by atoms with van der Waals surface area (Å²) in [5, 5.41) is 2.85. The van der Waals surface area contributed by atoms with E-state index in [1.807, 2.05) is 12.1 Å². The molecule has 0 saturated carbocycles. The van der Waals surface area contributed by atoms with Crippen LogP contribution < -0.4 is 14.8 Å². The van der Waals surface area contributed by atoms with Gasteiger partial charge in [-0.25, -0.2) is 0 Å². The fourth-order valence-electron chi connectivity index (χ4n) is 3.11. The van der Waals surface area contributed by atoms with Crippen LogP contribution in [0.2, 0.25) is 0 Å². The number of nitrogens with zero attached hydrogens (tertiary/aromatic N) is 1. The molecule has 3 rings (SSSR count). The molecule has 0 bridgehead atoms. The first kappa shape index (κ1) is 19.4. The highest BCUT2D eigenvalue weighted by Crippen LogP contribution is 2.30. The summed E-state index contributed by atoms with van der Waals surface area (Å²) in [4.78, 5) is 37.1. The Balaban J connectivity index is 1.62. The Bertz CT molecular complexity index is 876. The number of benzene rings is 2. The molecule has 0 aromatic heterocycles. The van der Waals surface area contributed by atoms with Crippen molar-refractivity contribution in [1.29, 1.82) is 0 Å². The van der Waals surface area contributed by atoms with Gasteiger partial charge in [-0.2, -0.15) is 0 Å². The summed E-state index contributed by atoms with van der Waals surface area (Å²) in [6, 6.07) is 12.3. The molecule has 3 amide bonds. The third-order valence-electron chi connectivity index (χ3n) is 4.64. The summed E-state index contributed by atoms with van der Waals surface area (Å²) in [6.07, 6.45) is 0.542. The van der Waals surface area contributed by atoms with E-state index in [1.54, 1.807) is 44.6 Å². The lowest BCUT2D eigenvalue weighted by Crippen LogP contribution is -2.28. The van der Waals surface area contributed by atoms with Crippen LogP contribution in [0.1, 0.15) is 34.3 Å². The number of amides is 3. The largest absolute Gasteiger partial charge is 0.493 e. The van der Waals surface area contributed by atoms with E-state index in [4.69, 9.17) is 9.47 Å². The number of nitrogens with one attached hydrogen (secondary N) is 1. The number of likely N-dealkylation sites (tertiary alicyclic amines) is 1. The molecule has 7 nitrogen and oxygen atoms in total. The molecule has 1 saturated heterocycles. The third kappa shape index (κ3) is 4.14. The zero-order chi connectivity index (χ0) is 20.1. The average molecular weight is 382 g/mol. The van der Waals surface area contributed by atoms with E-state index in [2.05, 4.69) is 5.32 Å². The Hall–Kier alpha value is -3.35. The molecule has 0 radical (unpaired) electrons. The molecule has 1 aliphatic heterocycles. The highest BCUT2D eigenvalue weighted by Gasteiger charge is 2.28. The van der Waals surface area contributed by atoms with Crippen molar-refractivity contribution in [3.05, 3.63) is 59.2 Å². The standard InChI is InChI=1S/C21H22N2O5/c1-27-17-5-3-4-16(20(17)28-2)12-22-21(26)15-8-6-14(7-9-15)13-23-18(24)10-11-19(23)25/h3-9H,10-13H2,1-2H3,(H,22,26). The van der Waals surface area contributed by atoms with Gasteiger partial charge in [0.25, 0.3) is 5.91 Å². The van der Waals surface area contributed by atoms with Crippen LogP contribution in [-0.2, 0) is 22.7 Å². The molecular weight excluding hydrogens is 360 g/mol. The van der Waals surface area contributed by atoms with Crippen molar-refractivity contribution in [2.75, 3.05) is 14.2 Å². The van der Waals surface area contributed by atoms with Crippen LogP contribution in [0.3, 0.4) is 0 Å². The first-order valence-electron chi connectivity index (χ1n) is 8.93. The molecule has 1 N–H and O–H groups in total. The van der Waals surface area contributed by atoms with E-state index in [9.17, 15) is 14.4 Å². The van der Waals surface area contributed by atoms with Crippen LogP contribution in [0.4, 0.5) is 0 Å². The van der Waals surface area contributed by atoms with Crippen molar-refractivity contribution in [3.8, 4) is 11.5 Å². The van der Waals surface area contributed by atoms with E-state index < -0.39 is 0 Å². The minimum Gasteiger partial charge on any atom is -0.493 e. The predicted octanol–water partition coefficient (Wildman–Crippen LogP) is 2.28. The van der Waals surface area contributed by atoms with Gasteiger partial charge in [-0.3, -0.25) is 19.3 Å². The SMILES string of the molecule is COc1cccc(CNC(=O)c2ccc(CN3C(=O)CCC3=O)cc2)c1OC. The van der Waals surface area contributed by atoms with Gasteiger partial charge in [0.05, 0.1) is 20.8 Å². The first-order chi connectivity index (χ1) is 13.5. The number of rotatable bonds is 7. The average Bonchev–Trinajstić information content (AvgIpc) is 3.04. The molecule has 28 heavy (non-hydrogen) atoms. The van der Waals surface area contributed by atoms with Crippen molar-refractivity contribution in [2.45, 2.75) is 25.9 Å². The Kier molecular flexibility index (Phi) is 5.93. The highest BCUT2D eigenvalue weighted by atomic mass is 16.5. The maximum atomic E-state index is 12.4. The summed E-state index contributed by atoms with van der Waals surface area (Å²) in [5.74, 6) is 0.646. The molecule has 0 atom stereocenters. The molecule has 0 spiro atoms. The lowest BCUT2D eigenvalue weighted by Gasteiger charge is -2.14. The third-order valence-corrected chi connectivity index (χ3v) is 4.64. The normalized spacial score (nSPS) is 13.6. The van der Waals surface area contributed by atoms with Crippen LogP contribution in [0.25, 0.3) is 0 Å². The maximum Gasteiger partial charge on any atom is 0.251 e. The second-order valence-electron chi connectivity index (χ2n) is 6.41. The van der Waals surface area contributed by atoms with Crippen molar-refractivity contribution in [1.82, 2.24) is 10.2 Å². The number of methoxy groups -OCH3 is 2. The fourth-order valence-corrected chi connectivity index (χ4v) is 3.11. The topological polar surface area (TPSA) is 84.9 Å². The highest BCUT2D eigenvalue weighted by molar-refractivity contribution is 6.01. The van der Waals surface area contributed by atoms with Crippen LogP contribution in [0.15, 0.2) is 42.5 Å². The van der Waals surface area contributed by atoms with Gasteiger partial charge in [0.2, 0.25) is 11.8 Å². The molecule has 2 aromatic carbocycles. The van der Waals surface area contributed by atoms with E-state index in [1.165, 1.54) is 4.90 Å². The minimum atomic E-state index is -0.232. The van der Waals surface area contributed by atoms with E-state index >= 15 is 0 Å². The molecule has 1 heterocycles. The number of imide groups is 1. The lowest BCUT2D eigenvalue weighted by molar-refractivity contribution is -0.139. The quantitative estimate of drug-likeness (QED) is 0.743. The molecule has 0 aliphatic carbocycles. The maximum absolute atomic E-state index is 12.4. The number of hydrogen-bond donors (Lipinski definition) is 1. The van der Waals surface area contributed by atoms with Gasteiger partial charge < -0.3 is 14.8 Å². The van der Waals surface area contributed by atoms with Crippen molar-refractivity contribution in [2.24, 2.45) is 0 Å². The van der Waals surface area contributed by atoms with E-state index in [0.717, 1.165) is 11.1 Å². The molecule has 7 heteroatoms. The first-order valence-corrected chi connectivity index (χ1v) is 8.93. The van der Waals surface area contributed by atoms with Crippen LogP contribution in [0, 0.1) is 0 Å². The second kappa shape index (κ2) is 8.56. The Morgan fingerprint density at radius 3 is 2.29 bits per heavy atom. The fraction of sp³-hybridized carbons (Fsp3) is 0.286. The van der Waals surface area contributed by atoms with Crippen molar-refractivity contribution < 1.29 is 23.9 Å². The van der Waals surface area contributed by atoms with Crippen LogP contribution in [0.5, 0.6) is 11.5 Å². The number of carbonyl (C=O) groups is 3. The molecule has 1 aliphatic rings. The van der Waals surface area contributed by atoms with Crippen molar-refractivity contribution >= 4 is 17.7 Å². The number of ether oxygens (including phenoxy) is 2. The van der Waals surface area contributed by atoms with Crippen molar-refractivity contribution in [3.63, 3.8) is 0 Å². The monoisotopic (exact) mass is 382 g/mol. The van der Waals surface area contributed by atoms with Crippen LogP contribution in [-0.4, -0.2) is 36.8 Å². The zero-order valence-electron chi connectivity index (χ0n) is 15.9. The molecule has 0 unspecified atom stereocenters. The van der Waals surface area contributed by atoms with Gasteiger partial charge in [-0.1, -0.05) is 24.3 Å². The number of hydrogen-bond acceptors (Lipinski definition) is 5. The second-order valence-corrected chi connectivity index (χ2v) is 6.41. The summed E-state index contributed by atoms with van der Waals surface area (Å²) in [6.45, 7) is 0.526. The Morgan fingerprint density at radius 2 is 1.68 bits per heavy atom. The molecular formula is C21H22N2O5. The van der Waals surface area contributed by atoms with Gasteiger partial charge in [0, 0.05) is 30.5 Å². The summed E-state index contributed by atoms with van der Waals surface area (Å²) in [7, 11) is 3.11. The summed E-state index contributed by atoms with van der Waals surface area (Å²) >= 11 is 0. The van der Waals surface area contributed by atoms with Gasteiger partial charge in [0.1, 0.15) is 0 Å². The smallest absolute Gasteiger partial charge is 0.251 e. The van der Waals surface area contributed by atoms with Gasteiger partial charge >= 0.3 is 0 Å². The van der Waals surface area contributed by atoms with Gasteiger partial charge in [-0.15, -0.1) is 0 Å². The number of carbonyl (C=O) groups excluding carboxylic acids is 3. The van der Waals surface area contributed by atoms with E-state index in [-0.39, 0.29) is 43.7 Å². The predicted molar refractivity (Wildman–Crippen MR) is 102 cm³/mol. The summed E-state index contributed by atoms with van der Waals surface area (Å²) in [5.41, 5.74) is 2.09. The Morgan fingerprint density at radius 1 is 1.00 bits per heavy atom. The van der Waals surface area contributed by atoms with Crippen LogP contribution >= 0.6 is 0 Å². The zero-order valence-corrected chi connectivity index (χ0v) is 15.9. The number of para-hydroxylation sites is 1. The molecule has 1 fully saturated rings. The van der Waals surface area contributed by atoms with E-state index in [0.29, 0.717) is 17.1 Å². The van der Waals surface area contributed by atoms with Gasteiger partial charge in [0.15, 0.2) is 11.5 Å². The lowest BCUT2D eigenvalue weighted by atomic mass is 10.1. The molecule has 2 aromatic rings. The minimum absolute atomic E-state index is 0.154. The van der Waals surface area contributed by atoms with Gasteiger partial charge in [-0.05, 0) is 23.8 Å². The molecule has 146 valence electrons. The Labute approximate surface area is 163 Å².